The lowest BCUT2D eigenvalue weighted by molar-refractivity contribution is 0.101. The molecule has 0 aliphatic rings. The zero-order valence-corrected chi connectivity index (χ0v) is 14.6. The molecule has 5 nitrogen and oxygen atoms in total. The summed E-state index contributed by atoms with van der Waals surface area (Å²) in [7, 11) is 0. The Morgan fingerprint density at radius 2 is 1.81 bits per heavy atom. The van der Waals surface area contributed by atoms with Crippen LogP contribution in [-0.4, -0.2) is 16.3 Å². The van der Waals surface area contributed by atoms with Gasteiger partial charge in [-0.15, -0.1) is 0 Å². The van der Waals surface area contributed by atoms with Crippen LogP contribution in [0.5, 0.6) is 0 Å². The number of carbonyl (C=O) groups is 2. The number of aromatic nitrogens is 1. The number of nitrogens with one attached hydrogen (secondary N) is 1. The number of amides is 1. The quantitative estimate of drug-likeness (QED) is 0.705. The first-order valence-corrected chi connectivity index (χ1v) is 8.30. The molecule has 0 saturated carbocycles. The van der Waals surface area contributed by atoms with Gasteiger partial charge in [0.1, 0.15) is 5.82 Å². The van der Waals surface area contributed by atoms with Gasteiger partial charge in [0, 0.05) is 17.8 Å². The molecule has 0 fully saturated rings. The van der Waals surface area contributed by atoms with Crippen LogP contribution >= 0.6 is 0 Å². The van der Waals surface area contributed by atoms with E-state index in [4.69, 9.17) is 0 Å². The van der Waals surface area contributed by atoms with Crippen LogP contribution in [0.1, 0.15) is 33.2 Å². The summed E-state index contributed by atoms with van der Waals surface area (Å²) in [4.78, 5) is 36.3. The molecule has 0 unspecified atom stereocenters. The molecule has 0 saturated heterocycles. The fourth-order valence-electron chi connectivity index (χ4n) is 2.71. The summed E-state index contributed by atoms with van der Waals surface area (Å²) in [5.74, 6) is -1.01. The lowest BCUT2D eigenvalue weighted by Crippen LogP contribution is -2.23. The maximum atomic E-state index is 13.3. The minimum absolute atomic E-state index is 0.141. The first-order valence-electron chi connectivity index (χ1n) is 8.30. The monoisotopic (exact) mass is 364 g/mol. The van der Waals surface area contributed by atoms with E-state index in [1.54, 1.807) is 36.4 Å². The fraction of sp³-hybridized carbons (Fsp3) is 0.0952. The lowest BCUT2D eigenvalue weighted by Gasteiger charge is -2.11. The molecule has 1 aromatic heterocycles. The molecule has 0 aliphatic heterocycles. The number of carbonyl (C=O) groups excluding carboxylic acids is 2. The fourth-order valence-corrected chi connectivity index (χ4v) is 2.71. The van der Waals surface area contributed by atoms with Gasteiger partial charge in [-0.05, 0) is 42.8 Å². The SMILES string of the molecule is CC(=O)c1ccccc1NC(=O)c1ccc(=O)n(Cc2cccc(F)c2)c1. The molecule has 0 spiro atoms. The number of ketones is 1. The molecule has 0 aliphatic carbocycles. The molecule has 27 heavy (non-hydrogen) atoms. The van der Waals surface area contributed by atoms with Gasteiger partial charge in [-0.2, -0.15) is 0 Å². The van der Waals surface area contributed by atoms with Crippen molar-refractivity contribution in [1.82, 2.24) is 4.57 Å². The van der Waals surface area contributed by atoms with E-state index in [2.05, 4.69) is 5.32 Å². The van der Waals surface area contributed by atoms with Crippen LogP contribution in [0.3, 0.4) is 0 Å². The van der Waals surface area contributed by atoms with Crippen LogP contribution in [0, 0.1) is 5.82 Å². The van der Waals surface area contributed by atoms with Crippen molar-refractivity contribution in [2.24, 2.45) is 0 Å². The Kier molecular flexibility index (Phi) is 5.26. The van der Waals surface area contributed by atoms with Gasteiger partial charge in [0.2, 0.25) is 0 Å². The van der Waals surface area contributed by atoms with Crippen molar-refractivity contribution in [3.63, 3.8) is 0 Å². The summed E-state index contributed by atoms with van der Waals surface area (Å²) >= 11 is 0. The van der Waals surface area contributed by atoms with Crippen molar-refractivity contribution < 1.29 is 14.0 Å². The molecular formula is C21H17FN2O3. The van der Waals surface area contributed by atoms with Gasteiger partial charge in [-0.1, -0.05) is 24.3 Å². The summed E-state index contributed by atoms with van der Waals surface area (Å²) in [6.07, 6.45) is 1.42. The van der Waals surface area contributed by atoms with Crippen LogP contribution in [-0.2, 0) is 6.54 Å². The third-order valence-electron chi connectivity index (χ3n) is 4.04. The van der Waals surface area contributed by atoms with Crippen molar-refractivity contribution in [2.45, 2.75) is 13.5 Å². The Hall–Kier alpha value is -3.54. The van der Waals surface area contributed by atoms with Gasteiger partial charge in [-0.25, -0.2) is 4.39 Å². The number of halogens is 1. The van der Waals surface area contributed by atoms with Gasteiger partial charge in [0.15, 0.2) is 5.78 Å². The third kappa shape index (κ3) is 4.36. The van der Waals surface area contributed by atoms with E-state index in [9.17, 15) is 18.8 Å². The summed E-state index contributed by atoms with van der Waals surface area (Å²) < 4.78 is 14.7. The number of para-hydroxylation sites is 1. The van der Waals surface area contributed by atoms with Crippen LogP contribution < -0.4 is 10.9 Å². The van der Waals surface area contributed by atoms with Crippen molar-refractivity contribution in [1.29, 1.82) is 0 Å². The molecule has 6 heteroatoms. The highest BCUT2D eigenvalue weighted by molar-refractivity contribution is 6.08. The Balaban J connectivity index is 1.86. The van der Waals surface area contributed by atoms with Crippen LogP contribution in [0.25, 0.3) is 0 Å². The first-order chi connectivity index (χ1) is 12.9. The summed E-state index contributed by atoms with van der Waals surface area (Å²) in [5.41, 5.74) is 1.36. The number of benzene rings is 2. The van der Waals surface area contributed by atoms with Crippen LogP contribution in [0.15, 0.2) is 71.7 Å². The summed E-state index contributed by atoms with van der Waals surface area (Å²) in [6, 6.07) is 15.3. The third-order valence-corrected chi connectivity index (χ3v) is 4.04. The van der Waals surface area contributed by atoms with Crippen molar-refractivity contribution >= 4 is 17.4 Å². The number of anilines is 1. The molecule has 1 heterocycles. The van der Waals surface area contributed by atoms with Gasteiger partial charge in [0.25, 0.3) is 11.5 Å². The van der Waals surface area contributed by atoms with E-state index in [0.29, 0.717) is 16.8 Å². The Morgan fingerprint density at radius 3 is 2.56 bits per heavy atom. The number of nitrogens with zero attached hydrogens (tertiary/aromatic N) is 1. The first kappa shape index (κ1) is 18.3. The van der Waals surface area contributed by atoms with Gasteiger partial charge in [0.05, 0.1) is 17.8 Å². The summed E-state index contributed by atoms with van der Waals surface area (Å²) in [6.45, 7) is 1.56. The Labute approximate surface area is 155 Å². The molecule has 0 radical (unpaired) electrons. The zero-order chi connectivity index (χ0) is 19.4. The average molecular weight is 364 g/mol. The molecule has 2 aromatic carbocycles. The van der Waals surface area contributed by atoms with Gasteiger partial charge < -0.3 is 9.88 Å². The van der Waals surface area contributed by atoms with E-state index in [-0.39, 0.29) is 23.5 Å². The predicted octanol–water partition coefficient (Wildman–Crippen LogP) is 3.49. The van der Waals surface area contributed by atoms with E-state index in [1.165, 1.54) is 42.0 Å². The molecule has 1 N–H and O–H groups in total. The second-order valence-electron chi connectivity index (χ2n) is 6.07. The maximum absolute atomic E-state index is 13.3. The molecule has 0 atom stereocenters. The zero-order valence-electron chi connectivity index (χ0n) is 14.6. The highest BCUT2D eigenvalue weighted by Crippen LogP contribution is 2.16. The highest BCUT2D eigenvalue weighted by Gasteiger charge is 2.12. The number of Topliss-reactive ketones (excluding diaryl/α,β-unsaturated/α-hetero) is 1. The molecular weight excluding hydrogens is 347 g/mol. The maximum Gasteiger partial charge on any atom is 0.257 e. The molecule has 3 aromatic rings. The second kappa shape index (κ2) is 7.78. The topological polar surface area (TPSA) is 68.2 Å². The van der Waals surface area contributed by atoms with Crippen molar-refractivity contribution in [2.75, 3.05) is 5.32 Å². The number of hydrogen-bond acceptors (Lipinski definition) is 3. The smallest absolute Gasteiger partial charge is 0.257 e. The predicted molar refractivity (Wildman–Crippen MR) is 101 cm³/mol. The highest BCUT2D eigenvalue weighted by atomic mass is 19.1. The summed E-state index contributed by atoms with van der Waals surface area (Å²) in [5, 5.41) is 2.69. The van der Waals surface area contributed by atoms with E-state index in [0.717, 1.165) is 0 Å². The minimum atomic E-state index is -0.448. The van der Waals surface area contributed by atoms with E-state index < -0.39 is 11.7 Å². The van der Waals surface area contributed by atoms with E-state index in [1.807, 2.05) is 0 Å². The normalized spacial score (nSPS) is 10.4. The molecule has 3 rings (SSSR count). The minimum Gasteiger partial charge on any atom is -0.321 e. The largest absolute Gasteiger partial charge is 0.321 e. The van der Waals surface area contributed by atoms with Gasteiger partial charge >= 0.3 is 0 Å². The van der Waals surface area contributed by atoms with Crippen molar-refractivity contribution in [3.05, 3.63) is 99.7 Å². The van der Waals surface area contributed by atoms with Crippen LogP contribution in [0.4, 0.5) is 10.1 Å². The molecule has 0 bridgehead atoms. The Morgan fingerprint density at radius 1 is 1.04 bits per heavy atom. The Bertz CT molecular complexity index is 1070. The molecule has 136 valence electrons. The number of hydrogen-bond donors (Lipinski definition) is 1. The van der Waals surface area contributed by atoms with Gasteiger partial charge in [-0.3, -0.25) is 14.4 Å². The lowest BCUT2D eigenvalue weighted by atomic mass is 10.1. The second-order valence-corrected chi connectivity index (χ2v) is 6.07. The average Bonchev–Trinajstić information content (AvgIpc) is 2.64. The number of rotatable bonds is 5. The van der Waals surface area contributed by atoms with Crippen LogP contribution in [0.2, 0.25) is 0 Å². The standard InChI is InChI=1S/C21H17FN2O3/c1-14(25)18-7-2-3-8-19(18)23-21(27)16-9-10-20(26)24(13-16)12-15-5-4-6-17(22)11-15/h2-11,13H,12H2,1H3,(H,23,27). The van der Waals surface area contributed by atoms with Crippen molar-refractivity contribution in [3.8, 4) is 0 Å². The molecule has 1 amide bonds. The van der Waals surface area contributed by atoms with E-state index >= 15 is 0 Å². The number of pyridine rings is 1.